The summed E-state index contributed by atoms with van der Waals surface area (Å²) in [5, 5.41) is 3.78. The first-order chi connectivity index (χ1) is 18.0. The highest BCUT2D eigenvalue weighted by Crippen LogP contribution is 2.30. The third-order valence-electron chi connectivity index (χ3n) is 7.07. The lowest BCUT2D eigenvalue weighted by Gasteiger charge is -2.32. The SMILES string of the molecule is O=C(Nc1cccc(N2C(=O)c3ccccc3C2=O)c1)C1CCCN(C(=O)c2c[nH]c3ccccc23)C1. The predicted octanol–water partition coefficient (Wildman–Crippen LogP) is 4.46. The number of fused-ring (bicyclic) bond motifs is 2. The molecule has 6 rings (SSSR count). The Balaban J connectivity index is 1.16. The van der Waals surface area contributed by atoms with Crippen molar-refractivity contribution >= 4 is 45.9 Å². The summed E-state index contributed by atoms with van der Waals surface area (Å²) in [6.45, 7) is 0.916. The van der Waals surface area contributed by atoms with E-state index in [4.69, 9.17) is 0 Å². The van der Waals surface area contributed by atoms with Gasteiger partial charge in [0.2, 0.25) is 5.91 Å². The lowest BCUT2D eigenvalue weighted by atomic mass is 9.96. The van der Waals surface area contributed by atoms with E-state index >= 15 is 0 Å². The maximum absolute atomic E-state index is 13.3. The van der Waals surface area contributed by atoms with Crippen LogP contribution in [0.1, 0.15) is 43.9 Å². The maximum atomic E-state index is 13.3. The number of nitrogens with one attached hydrogen (secondary N) is 2. The van der Waals surface area contributed by atoms with Crippen LogP contribution in [0.3, 0.4) is 0 Å². The van der Waals surface area contributed by atoms with Crippen molar-refractivity contribution in [2.24, 2.45) is 5.92 Å². The number of hydrogen-bond acceptors (Lipinski definition) is 4. The number of carbonyl (C=O) groups is 4. The topological polar surface area (TPSA) is 103 Å². The number of nitrogens with zero attached hydrogens (tertiary/aromatic N) is 2. The molecular formula is C29H24N4O4. The fraction of sp³-hybridized carbons (Fsp3) is 0.172. The third kappa shape index (κ3) is 3.96. The average Bonchev–Trinajstić information content (AvgIpc) is 3.47. The number of amides is 4. The minimum absolute atomic E-state index is 0.0948. The van der Waals surface area contributed by atoms with Gasteiger partial charge in [0, 0.05) is 35.9 Å². The number of benzene rings is 3. The first-order valence-electron chi connectivity index (χ1n) is 12.3. The summed E-state index contributed by atoms with van der Waals surface area (Å²) in [6.07, 6.45) is 3.12. The number of likely N-dealkylation sites (tertiary alicyclic amines) is 1. The summed E-state index contributed by atoms with van der Waals surface area (Å²) in [5.41, 5.74) is 3.11. The van der Waals surface area contributed by atoms with E-state index in [1.54, 1.807) is 59.6 Å². The van der Waals surface area contributed by atoms with E-state index in [2.05, 4.69) is 10.3 Å². The van der Waals surface area contributed by atoms with Gasteiger partial charge in [-0.05, 0) is 49.2 Å². The normalized spacial score (nSPS) is 17.2. The Bertz CT molecular complexity index is 1540. The lowest BCUT2D eigenvalue weighted by molar-refractivity contribution is -0.121. The molecule has 2 aliphatic rings. The van der Waals surface area contributed by atoms with Gasteiger partial charge in [0.05, 0.1) is 28.3 Å². The third-order valence-corrected chi connectivity index (χ3v) is 7.07. The number of imide groups is 1. The molecule has 1 unspecified atom stereocenters. The Hall–Kier alpha value is -4.72. The number of carbonyl (C=O) groups excluding carboxylic acids is 4. The van der Waals surface area contributed by atoms with Crippen molar-refractivity contribution in [3.05, 3.63) is 95.7 Å². The summed E-state index contributed by atoms with van der Waals surface area (Å²) < 4.78 is 0. The van der Waals surface area contributed by atoms with Gasteiger partial charge in [-0.15, -0.1) is 0 Å². The molecule has 2 N–H and O–H groups in total. The Morgan fingerprint density at radius 3 is 2.41 bits per heavy atom. The summed E-state index contributed by atoms with van der Waals surface area (Å²) in [6, 6.07) is 21.1. The predicted molar refractivity (Wildman–Crippen MR) is 140 cm³/mol. The van der Waals surface area contributed by atoms with Gasteiger partial charge in [-0.2, -0.15) is 0 Å². The molecule has 3 heterocycles. The van der Waals surface area contributed by atoms with E-state index in [1.165, 1.54) is 0 Å². The molecule has 0 aliphatic carbocycles. The first-order valence-corrected chi connectivity index (χ1v) is 12.3. The van der Waals surface area contributed by atoms with E-state index in [9.17, 15) is 19.2 Å². The fourth-order valence-corrected chi connectivity index (χ4v) is 5.19. The zero-order valence-corrected chi connectivity index (χ0v) is 19.9. The molecule has 8 nitrogen and oxygen atoms in total. The summed E-state index contributed by atoms with van der Waals surface area (Å²) in [4.78, 5) is 58.1. The van der Waals surface area contributed by atoms with E-state index in [0.29, 0.717) is 47.6 Å². The molecule has 1 aromatic heterocycles. The van der Waals surface area contributed by atoms with Crippen molar-refractivity contribution in [2.75, 3.05) is 23.3 Å². The number of rotatable bonds is 4. The Morgan fingerprint density at radius 1 is 0.892 bits per heavy atom. The van der Waals surface area contributed by atoms with Crippen molar-refractivity contribution in [1.29, 1.82) is 0 Å². The van der Waals surface area contributed by atoms with Gasteiger partial charge in [-0.25, -0.2) is 4.90 Å². The second kappa shape index (κ2) is 9.05. The van der Waals surface area contributed by atoms with Gasteiger partial charge >= 0.3 is 0 Å². The second-order valence-electron chi connectivity index (χ2n) is 9.37. The molecule has 4 aromatic rings. The van der Waals surface area contributed by atoms with Crippen LogP contribution in [0.25, 0.3) is 10.9 Å². The molecule has 8 heteroatoms. The van der Waals surface area contributed by atoms with Crippen LogP contribution in [0.4, 0.5) is 11.4 Å². The molecule has 3 aromatic carbocycles. The highest BCUT2D eigenvalue weighted by molar-refractivity contribution is 6.34. The Kier molecular flexibility index (Phi) is 5.56. The van der Waals surface area contributed by atoms with Gasteiger partial charge < -0.3 is 15.2 Å². The molecule has 0 bridgehead atoms. The fourth-order valence-electron chi connectivity index (χ4n) is 5.19. The smallest absolute Gasteiger partial charge is 0.266 e. The average molecular weight is 493 g/mol. The van der Waals surface area contributed by atoms with Crippen LogP contribution >= 0.6 is 0 Å². The van der Waals surface area contributed by atoms with Crippen molar-refractivity contribution in [1.82, 2.24) is 9.88 Å². The zero-order valence-electron chi connectivity index (χ0n) is 19.9. The molecule has 2 aliphatic heterocycles. The second-order valence-corrected chi connectivity index (χ2v) is 9.37. The Labute approximate surface area is 212 Å². The minimum atomic E-state index is -0.386. The summed E-state index contributed by atoms with van der Waals surface area (Å²) >= 11 is 0. The molecule has 1 saturated heterocycles. The first kappa shape index (κ1) is 22.7. The van der Waals surface area contributed by atoms with E-state index in [-0.39, 0.29) is 29.5 Å². The quantitative estimate of drug-likeness (QED) is 0.411. The molecule has 1 atom stereocenters. The van der Waals surface area contributed by atoms with Gasteiger partial charge in [0.15, 0.2) is 0 Å². The highest BCUT2D eigenvalue weighted by Gasteiger charge is 2.36. The summed E-state index contributed by atoms with van der Waals surface area (Å²) in [5.74, 6) is -1.44. The molecule has 37 heavy (non-hydrogen) atoms. The van der Waals surface area contributed by atoms with Gasteiger partial charge in [0.1, 0.15) is 0 Å². The monoisotopic (exact) mass is 492 g/mol. The lowest BCUT2D eigenvalue weighted by Crippen LogP contribution is -2.43. The molecular weight excluding hydrogens is 468 g/mol. The maximum Gasteiger partial charge on any atom is 0.266 e. The van der Waals surface area contributed by atoms with E-state index in [0.717, 1.165) is 22.2 Å². The van der Waals surface area contributed by atoms with Crippen LogP contribution in [-0.4, -0.2) is 46.6 Å². The number of aromatic amines is 1. The number of anilines is 2. The molecule has 4 amide bonds. The van der Waals surface area contributed by atoms with Crippen LogP contribution in [0.5, 0.6) is 0 Å². The van der Waals surface area contributed by atoms with E-state index < -0.39 is 0 Å². The number of para-hydroxylation sites is 1. The molecule has 0 spiro atoms. The number of piperidine rings is 1. The van der Waals surface area contributed by atoms with Gasteiger partial charge in [-0.1, -0.05) is 36.4 Å². The van der Waals surface area contributed by atoms with Crippen molar-refractivity contribution in [3.8, 4) is 0 Å². The van der Waals surface area contributed by atoms with Crippen molar-refractivity contribution < 1.29 is 19.2 Å². The number of aromatic nitrogens is 1. The van der Waals surface area contributed by atoms with Crippen LogP contribution in [0.2, 0.25) is 0 Å². The number of hydrogen-bond donors (Lipinski definition) is 2. The van der Waals surface area contributed by atoms with Crippen LogP contribution < -0.4 is 10.2 Å². The standard InChI is InChI=1S/C29H24N4O4/c34-26(18-7-6-14-32(17-18)27(35)24-16-30-25-13-4-3-10-21(24)25)31-19-8-5-9-20(15-19)33-28(36)22-11-1-2-12-23(22)29(33)37/h1-5,8-13,15-16,18,30H,6-7,14,17H2,(H,31,34). The van der Waals surface area contributed by atoms with Crippen LogP contribution in [0, 0.1) is 5.92 Å². The van der Waals surface area contributed by atoms with Crippen molar-refractivity contribution in [3.63, 3.8) is 0 Å². The molecule has 0 saturated carbocycles. The molecule has 0 radical (unpaired) electrons. The number of H-pyrrole nitrogens is 1. The van der Waals surface area contributed by atoms with Gasteiger partial charge in [-0.3, -0.25) is 19.2 Å². The van der Waals surface area contributed by atoms with Crippen LogP contribution in [-0.2, 0) is 4.79 Å². The molecule has 1 fully saturated rings. The van der Waals surface area contributed by atoms with Crippen LogP contribution in [0.15, 0.2) is 79.0 Å². The minimum Gasteiger partial charge on any atom is -0.360 e. The molecule has 184 valence electrons. The van der Waals surface area contributed by atoms with Gasteiger partial charge in [0.25, 0.3) is 17.7 Å². The Morgan fingerprint density at radius 2 is 1.62 bits per heavy atom. The van der Waals surface area contributed by atoms with E-state index in [1.807, 2.05) is 24.3 Å². The summed E-state index contributed by atoms with van der Waals surface area (Å²) in [7, 11) is 0. The highest BCUT2D eigenvalue weighted by atomic mass is 16.2. The van der Waals surface area contributed by atoms with Crippen molar-refractivity contribution in [2.45, 2.75) is 12.8 Å². The zero-order chi connectivity index (χ0) is 25.5. The largest absolute Gasteiger partial charge is 0.360 e.